The van der Waals surface area contributed by atoms with Crippen LogP contribution in [0.4, 0.5) is 10.9 Å². The summed E-state index contributed by atoms with van der Waals surface area (Å²) >= 11 is 1.44. The first kappa shape index (κ1) is 25.4. The number of rotatable bonds is 8. The Kier molecular flexibility index (Phi) is 6.02. The number of aromatic nitrogens is 4. The van der Waals surface area contributed by atoms with Crippen molar-refractivity contribution >= 4 is 38.2 Å². The quantitative estimate of drug-likeness (QED) is 0.327. The number of nitrogens with zero attached hydrogens (tertiary/aromatic N) is 6. The molecule has 1 amide bonds. The highest BCUT2D eigenvalue weighted by molar-refractivity contribution is 7.89. The van der Waals surface area contributed by atoms with E-state index < -0.39 is 10.0 Å². The number of fused-ring (bicyclic) bond motifs is 1. The maximum Gasteiger partial charge on any atom is 0.256 e. The van der Waals surface area contributed by atoms with Gasteiger partial charge in [0.25, 0.3) is 5.91 Å². The van der Waals surface area contributed by atoms with Crippen LogP contribution in [0.2, 0.25) is 0 Å². The fourth-order valence-corrected chi connectivity index (χ4v) is 8.19. The minimum absolute atomic E-state index is 0.0921. The zero-order chi connectivity index (χ0) is 27.6. The molecule has 0 radical (unpaired) electrons. The highest BCUT2D eigenvalue weighted by Crippen LogP contribution is 2.43. The van der Waals surface area contributed by atoms with Crippen LogP contribution in [0.1, 0.15) is 47.8 Å². The summed E-state index contributed by atoms with van der Waals surface area (Å²) in [5.74, 6) is 1.68. The first-order valence-electron chi connectivity index (χ1n) is 13.5. The molecule has 0 bridgehead atoms. The van der Waals surface area contributed by atoms with Gasteiger partial charge in [0, 0.05) is 38.1 Å². The molecular formula is C28H29N7O3S2. The molecule has 0 spiro atoms. The van der Waals surface area contributed by atoms with E-state index in [1.807, 2.05) is 46.9 Å². The van der Waals surface area contributed by atoms with Crippen molar-refractivity contribution in [3.63, 3.8) is 0 Å². The number of thiazole rings is 1. The predicted molar refractivity (Wildman–Crippen MR) is 152 cm³/mol. The molecule has 3 aliphatic rings. The molecule has 1 atom stereocenters. The summed E-state index contributed by atoms with van der Waals surface area (Å²) in [6, 6.07) is 9.41. The Morgan fingerprint density at radius 2 is 1.98 bits per heavy atom. The lowest BCUT2D eigenvalue weighted by atomic mass is 10.0. The molecule has 206 valence electrons. The second-order valence-electron chi connectivity index (χ2n) is 10.7. The van der Waals surface area contributed by atoms with Crippen LogP contribution in [0.3, 0.4) is 0 Å². The van der Waals surface area contributed by atoms with Crippen LogP contribution in [0, 0.1) is 12.8 Å². The van der Waals surface area contributed by atoms with E-state index in [4.69, 9.17) is 4.98 Å². The molecule has 1 saturated heterocycles. The summed E-state index contributed by atoms with van der Waals surface area (Å²) in [7, 11) is -3.79. The number of pyridine rings is 1. The van der Waals surface area contributed by atoms with Gasteiger partial charge in [0.1, 0.15) is 18.0 Å². The average molecular weight is 576 g/mol. The minimum Gasteiger partial charge on any atom is -0.331 e. The summed E-state index contributed by atoms with van der Waals surface area (Å²) < 4.78 is 30.7. The van der Waals surface area contributed by atoms with Crippen LogP contribution in [0.25, 0.3) is 16.3 Å². The molecule has 40 heavy (non-hydrogen) atoms. The smallest absolute Gasteiger partial charge is 0.256 e. The number of hydrogen-bond acceptors (Lipinski definition) is 8. The number of amides is 1. The molecule has 2 aliphatic heterocycles. The summed E-state index contributed by atoms with van der Waals surface area (Å²) in [5, 5.41) is 3.94. The molecule has 4 aromatic rings. The monoisotopic (exact) mass is 575 g/mol. The molecule has 1 saturated carbocycles. The highest BCUT2D eigenvalue weighted by atomic mass is 32.2. The normalized spacial score (nSPS) is 18.1. The van der Waals surface area contributed by atoms with Crippen molar-refractivity contribution in [1.29, 1.82) is 0 Å². The zero-order valence-electron chi connectivity index (χ0n) is 22.2. The van der Waals surface area contributed by atoms with Crippen molar-refractivity contribution in [2.45, 2.75) is 50.6 Å². The van der Waals surface area contributed by atoms with Crippen LogP contribution in [-0.4, -0.2) is 62.2 Å². The Morgan fingerprint density at radius 1 is 1.15 bits per heavy atom. The van der Waals surface area contributed by atoms with Gasteiger partial charge in [-0.05, 0) is 74.4 Å². The number of imidazole rings is 1. The Hall–Kier alpha value is -3.61. The lowest BCUT2D eigenvalue weighted by Gasteiger charge is -2.30. The van der Waals surface area contributed by atoms with E-state index in [1.165, 1.54) is 15.6 Å². The van der Waals surface area contributed by atoms with E-state index in [-0.39, 0.29) is 16.8 Å². The van der Waals surface area contributed by atoms with Crippen LogP contribution in [-0.2, 0) is 16.6 Å². The molecule has 3 aromatic heterocycles. The Balaban J connectivity index is 1.26. The predicted octanol–water partition coefficient (Wildman–Crippen LogP) is 4.59. The standard InChI is InChI=1S/C28H29N7O3S2/c1-17-26(39-28(30-17)32-23-5-3-6-24(31-23)33-12-9-29-16-33)20-13-21-15-35(18(2)19-7-8-19)27(36)25(21)22(14-20)40(37,38)34-10-4-11-34/h3,5-6,9,12-14,16,18-19H,4,7-8,10-11,15H2,1-2H3,(H,30,31,32)/t18-/m0/s1. The van der Waals surface area contributed by atoms with Crippen molar-refractivity contribution in [1.82, 2.24) is 28.7 Å². The maximum atomic E-state index is 13.7. The van der Waals surface area contributed by atoms with E-state index >= 15 is 0 Å². The number of carbonyl (C=O) groups excluding carboxylic acids is 1. The first-order valence-corrected chi connectivity index (χ1v) is 15.7. The largest absolute Gasteiger partial charge is 0.331 e. The van der Waals surface area contributed by atoms with Crippen LogP contribution < -0.4 is 5.32 Å². The molecule has 0 unspecified atom stereocenters. The number of anilines is 2. The van der Waals surface area contributed by atoms with Gasteiger partial charge in [-0.1, -0.05) is 17.4 Å². The summed E-state index contributed by atoms with van der Waals surface area (Å²) in [4.78, 5) is 29.9. The number of carbonyl (C=O) groups is 1. The fraction of sp³-hybridized carbons (Fsp3) is 0.357. The first-order chi connectivity index (χ1) is 19.3. The van der Waals surface area contributed by atoms with E-state index in [2.05, 4.69) is 22.2 Å². The van der Waals surface area contributed by atoms with Crippen molar-refractivity contribution < 1.29 is 13.2 Å². The lowest BCUT2D eigenvalue weighted by Crippen LogP contribution is -2.42. The number of aryl methyl sites for hydroxylation is 1. The fourth-order valence-electron chi connectivity index (χ4n) is 5.46. The van der Waals surface area contributed by atoms with Gasteiger partial charge in [-0.15, -0.1) is 0 Å². The van der Waals surface area contributed by atoms with Crippen molar-refractivity contribution in [3.8, 4) is 16.3 Å². The summed E-state index contributed by atoms with van der Waals surface area (Å²) in [6.07, 6.45) is 8.27. The van der Waals surface area contributed by atoms with E-state index in [9.17, 15) is 13.2 Å². The average Bonchev–Trinajstić information content (AvgIpc) is 3.31. The lowest BCUT2D eigenvalue weighted by molar-refractivity contribution is 0.0694. The highest BCUT2D eigenvalue weighted by Gasteiger charge is 2.43. The molecule has 10 nitrogen and oxygen atoms in total. The van der Waals surface area contributed by atoms with Crippen LogP contribution in [0.15, 0.2) is 53.9 Å². The number of sulfonamides is 1. The van der Waals surface area contributed by atoms with E-state index in [0.29, 0.717) is 42.1 Å². The maximum absolute atomic E-state index is 13.7. The molecule has 2 fully saturated rings. The van der Waals surface area contributed by atoms with E-state index in [0.717, 1.165) is 46.8 Å². The second-order valence-corrected chi connectivity index (χ2v) is 13.6. The molecule has 7 rings (SSSR count). The molecule has 5 heterocycles. The van der Waals surface area contributed by atoms with Crippen LogP contribution in [0.5, 0.6) is 0 Å². The molecule has 1 N–H and O–H groups in total. The van der Waals surface area contributed by atoms with Gasteiger partial charge in [-0.3, -0.25) is 9.36 Å². The third kappa shape index (κ3) is 4.30. The van der Waals surface area contributed by atoms with Gasteiger partial charge < -0.3 is 10.2 Å². The second kappa shape index (κ2) is 9.50. The number of nitrogens with one attached hydrogen (secondary N) is 1. The van der Waals surface area contributed by atoms with Gasteiger partial charge in [0.2, 0.25) is 10.0 Å². The summed E-state index contributed by atoms with van der Waals surface area (Å²) in [5.41, 5.74) is 2.64. The Bertz CT molecular complexity index is 1720. The van der Waals surface area contributed by atoms with Gasteiger partial charge >= 0.3 is 0 Å². The SMILES string of the molecule is Cc1nc(Nc2cccc(-n3ccnc3)n2)sc1-c1cc2c(c(S(=O)(=O)N3CCC3)c1)C(=O)N([C@@H](C)C1CC1)C2. The Morgan fingerprint density at radius 3 is 2.67 bits per heavy atom. The molecule has 12 heteroatoms. The van der Waals surface area contributed by atoms with Crippen molar-refractivity contribution in [2.24, 2.45) is 5.92 Å². The minimum atomic E-state index is -3.79. The van der Waals surface area contributed by atoms with Gasteiger partial charge in [-0.25, -0.2) is 23.4 Å². The third-order valence-corrected chi connectivity index (χ3v) is 11.1. The molecular weight excluding hydrogens is 546 g/mol. The Labute approximate surface area is 236 Å². The zero-order valence-corrected chi connectivity index (χ0v) is 23.9. The topological polar surface area (TPSA) is 113 Å². The van der Waals surface area contributed by atoms with Crippen molar-refractivity contribution in [2.75, 3.05) is 18.4 Å². The number of hydrogen-bond donors (Lipinski definition) is 1. The van der Waals surface area contributed by atoms with Gasteiger partial charge in [-0.2, -0.15) is 4.31 Å². The molecule has 1 aromatic carbocycles. The van der Waals surface area contributed by atoms with Gasteiger partial charge in [0.15, 0.2) is 5.13 Å². The molecule has 1 aliphatic carbocycles. The van der Waals surface area contributed by atoms with E-state index in [1.54, 1.807) is 18.6 Å². The van der Waals surface area contributed by atoms with Gasteiger partial charge in [0.05, 0.1) is 21.0 Å². The van der Waals surface area contributed by atoms with Crippen LogP contribution >= 0.6 is 11.3 Å². The summed E-state index contributed by atoms with van der Waals surface area (Å²) in [6.45, 7) is 5.38. The van der Waals surface area contributed by atoms with Crippen molar-refractivity contribution in [3.05, 3.63) is 65.9 Å². The third-order valence-electron chi connectivity index (χ3n) is 8.03. The number of benzene rings is 1.